The van der Waals surface area contributed by atoms with Gasteiger partial charge in [-0.25, -0.2) is 0 Å². The number of hydrogen-bond donors (Lipinski definition) is 1. The van der Waals surface area contributed by atoms with Crippen molar-refractivity contribution in [2.75, 3.05) is 5.32 Å². The van der Waals surface area contributed by atoms with Crippen molar-refractivity contribution in [3.8, 4) is 0 Å². The van der Waals surface area contributed by atoms with E-state index in [-0.39, 0.29) is 18.6 Å². The van der Waals surface area contributed by atoms with Gasteiger partial charge in [-0.15, -0.1) is 0 Å². The van der Waals surface area contributed by atoms with Crippen LogP contribution in [0.2, 0.25) is 10.0 Å². The molecule has 0 spiro atoms. The van der Waals surface area contributed by atoms with E-state index in [2.05, 4.69) is 5.32 Å². The van der Waals surface area contributed by atoms with Crippen LogP contribution < -0.4 is 5.32 Å². The SMILES string of the molecule is C[C@@H](OC(=O)CCC(=O)c1ccc(Cl)cc1)C(=O)Nc1cccc(Cl)c1. The Balaban J connectivity index is 1.80. The monoisotopic (exact) mass is 393 g/mol. The first-order valence-corrected chi connectivity index (χ1v) is 8.65. The molecule has 0 heterocycles. The van der Waals surface area contributed by atoms with E-state index in [0.717, 1.165) is 0 Å². The van der Waals surface area contributed by atoms with Gasteiger partial charge in [0, 0.05) is 27.7 Å². The van der Waals surface area contributed by atoms with Gasteiger partial charge < -0.3 is 10.1 Å². The summed E-state index contributed by atoms with van der Waals surface area (Å²) in [6, 6.07) is 13.0. The van der Waals surface area contributed by atoms with Crippen LogP contribution in [0.5, 0.6) is 0 Å². The highest BCUT2D eigenvalue weighted by Gasteiger charge is 2.19. The molecule has 0 fully saturated rings. The van der Waals surface area contributed by atoms with Crippen molar-refractivity contribution in [2.24, 2.45) is 0 Å². The van der Waals surface area contributed by atoms with Gasteiger partial charge >= 0.3 is 5.97 Å². The van der Waals surface area contributed by atoms with Gasteiger partial charge in [0.05, 0.1) is 6.42 Å². The van der Waals surface area contributed by atoms with Crippen LogP contribution in [0.1, 0.15) is 30.1 Å². The minimum atomic E-state index is -0.993. The summed E-state index contributed by atoms with van der Waals surface area (Å²) in [4.78, 5) is 35.9. The first kappa shape index (κ1) is 19.9. The third-order valence-corrected chi connectivity index (χ3v) is 3.98. The number of Topliss-reactive ketones (excluding diaryl/α,β-unsaturated/α-hetero) is 1. The number of carbonyl (C=O) groups is 3. The Kier molecular flexibility index (Phi) is 7.18. The molecule has 0 saturated carbocycles. The topological polar surface area (TPSA) is 72.5 Å². The van der Waals surface area contributed by atoms with Crippen LogP contribution in [-0.2, 0) is 14.3 Å². The lowest BCUT2D eigenvalue weighted by Crippen LogP contribution is -2.30. The molecule has 2 aromatic carbocycles. The first-order chi connectivity index (χ1) is 12.3. The summed E-state index contributed by atoms with van der Waals surface area (Å²) in [7, 11) is 0. The maximum Gasteiger partial charge on any atom is 0.307 e. The number of amides is 1. The number of ether oxygens (including phenoxy) is 1. The van der Waals surface area contributed by atoms with Gasteiger partial charge in [0.25, 0.3) is 5.91 Å². The van der Waals surface area contributed by atoms with Crippen LogP contribution in [0.3, 0.4) is 0 Å². The Morgan fingerprint density at radius 2 is 1.69 bits per heavy atom. The molecule has 2 aromatic rings. The zero-order valence-corrected chi connectivity index (χ0v) is 15.5. The molecular formula is C19H17Cl2NO4. The molecule has 1 N–H and O–H groups in total. The van der Waals surface area contributed by atoms with Crippen LogP contribution >= 0.6 is 23.2 Å². The molecule has 1 atom stereocenters. The van der Waals surface area contributed by atoms with Crippen LogP contribution in [0.15, 0.2) is 48.5 Å². The molecular weight excluding hydrogens is 377 g/mol. The fraction of sp³-hybridized carbons (Fsp3) is 0.211. The molecule has 1 amide bonds. The summed E-state index contributed by atoms with van der Waals surface area (Å²) in [5, 5.41) is 3.61. The minimum Gasteiger partial charge on any atom is -0.453 e. The average Bonchev–Trinajstić information content (AvgIpc) is 2.60. The molecule has 0 unspecified atom stereocenters. The second-order valence-corrected chi connectivity index (χ2v) is 6.43. The smallest absolute Gasteiger partial charge is 0.307 e. The molecule has 0 bridgehead atoms. The number of carbonyl (C=O) groups excluding carboxylic acids is 3. The molecule has 7 heteroatoms. The van der Waals surface area contributed by atoms with Gasteiger partial charge in [-0.1, -0.05) is 29.3 Å². The van der Waals surface area contributed by atoms with E-state index >= 15 is 0 Å². The second kappa shape index (κ2) is 9.36. The molecule has 0 saturated heterocycles. The summed E-state index contributed by atoms with van der Waals surface area (Å²) in [6.07, 6.45) is -1.12. The summed E-state index contributed by atoms with van der Waals surface area (Å²) in [5.41, 5.74) is 0.970. The molecule has 0 aliphatic rings. The van der Waals surface area contributed by atoms with E-state index in [1.54, 1.807) is 48.5 Å². The molecule has 0 radical (unpaired) electrons. The van der Waals surface area contributed by atoms with E-state index < -0.39 is 18.0 Å². The number of nitrogens with one attached hydrogen (secondary N) is 1. The van der Waals surface area contributed by atoms with E-state index in [4.69, 9.17) is 27.9 Å². The maximum atomic E-state index is 12.0. The number of esters is 1. The Hall–Kier alpha value is -2.37. The maximum absolute atomic E-state index is 12.0. The van der Waals surface area contributed by atoms with Gasteiger partial charge in [-0.2, -0.15) is 0 Å². The highest BCUT2D eigenvalue weighted by Crippen LogP contribution is 2.16. The van der Waals surface area contributed by atoms with Crippen molar-refractivity contribution in [3.05, 3.63) is 64.1 Å². The third kappa shape index (κ3) is 6.17. The van der Waals surface area contributed by atoms with E-state index in [0.29, 0.717) is 21.3 Å². The fourth-order valence-corrected chi connectivity index (χ4v) is 2.43. The van der Waals surface area contributed by atoms with Crippen molar-refractivity contribution in [1.82, 2.24) is 0 Å². The number of benzene rings is 2. The fourth-order valence-electron chi connectivity index (χ4n) is 2.12. The predicted molar refractivity (Wildman–Crippen MR) is 101 cm³/mol. The molecule has 2 rings (SSSR count). The first-order valence-electron chi connectivity index (χ1n) is 7.90. The zero-order valence-electron chi connectivity index (χ0n) is 14.0. The second-order valence-electron chi connectivity index (χ2n) is 5.56. The van der Waals surface area contributed by atoms with Gasteiger partial charge in [0.2, 0.25) is 0 Å². The lowest BCUT2D eigenvalue weighted by Gasteiger charge is -2.13. The van der Waals surface area contributed by atoms with Crippen LogP contribution in [0, 0.1) is 0 Å². The van der Waals surface area contributed by atoms with Crippen LogP contribution in [0.4, 0.5) is 5.69 Å². The third-order valence-electron chi connectivity index (χ3n) is 3.49. The lowest BCUT2D eigenvalue weighted by molar-refractivity contribution is -0.153. The number of ketones is 1. The zero-order chi connectivity index (χ0) is 19.1. The Bertz CT molecular complexity index is 805. The molecule has 0 aromatic heterocycles. The number of anilines is 1. The van der Waals surface area contributed by atoms with Crippen molar-refractivity contribution >= 4 is 46.5 Å². The summed E-state index contributed by atoms with van der Waals surface area (Å²) >= 11 is 11.6. The van der Waals surface area contributed by atoms with Gasteiger partial charge in [0.15, 0.2) is 11.9 Å². The Morgan fingerprint density at radius 1 is 1.00 bits per heavy atom. The summed E-state index contributed by atoms with van der Waals surface area (Å²) in [5.74, 6) is -1.31. The summed E-state index contributed by atoms with van der Waals surface area (Å²) < 4.78 is 5.06. The lowest BCUT2D eigenvalue weighted by atomic mass is 10.1. The van der Waals surface area contributed by atoms with Crippen molar-refractivity contribution in [3.63, 3.8) is 0 Å². The van der Waals surface area contributed by atoms with Crippen molar-refractivity contribution < 1.29 is 19.1 Å². The Labute approximate surface area is 161 Å². The molecule has 26 heavy (non-hydrogen) atoms. The van der Waals surface area contributed by atoms with Crippen LogP contribution in [-0.4, -0.2) is 23.8 Å². The molecule has 0 aliphatic carbocycles. The van der Waals surface area contributed by atoms with E-state index in [9.17, 15) is 14.4 Å². The predicted octanol–water partition coefficient (Wildman–Crippen LogP) is 4.53. The van der Waals surface area contributed by atoms with Gasteiger partial charge in [0.1, 0.15) is 0 Å². The number of hydrogen-bond acceptors (Lipinski definition) is 4. The van der Waals surface area contributed by atoms with Gasteiger partial charge in [-0.05, 0) is 49.4 Å². The van der Waals surface area contributed by atoms with Crippen molar-refractivity contribution in [2.45, 2.75) is 25.9 Å². The average molecular weight is 394 g/mol. The normalized spacial score (nSPS) is 11.5. The Morgan fingerprint density at radius 3 is 2.35 bits per heavy atom. The largest absolute Gasteiger partial charge is 0.453 e. The molecule has 5 nitrogen and oxygen atoms in total. The quantitative estimate of drug-likeness (QED) is 0.553. The van der Waals surface area contributed by atoms with E-state index in [1.165, 1.54) is 6.92 Å². The summed E-state index contributed by atoms with van der Waals surface area (Å²) in [6.45, 7) is 1.46. The molecule has 136 valence electrons. The highest BCUT2D eigenvalue weighted by molar-refractivity contribution is 6.31. The highest BCUT2D eigenvalue weighted by atomic mass is 35.5. The number of rotatable bonds is 7. The van der Waals surface area contributed by atoms with Gasteiger partial charge in [-0.3, -0.25) is 14.4 Å². The number of halogens is 2. The minimum absolute atomic E-state index is 0.0108. The van der Waals surface area contributed by atoms with Crippen LogP contribution in [0.25, 0.3) is 0 Å². The molecule has 0 aliphatic heterocycles. The van der Waals surface area contributed by atoms with Crippen molar-refractivity contribution in [1.29, 1.82) is 0 Å². The van der Waals surface area contributed by atoms with E-state index in [1.807, 2.05) is 0 Å². The standard InChI is InChI=1S/C19H17Cl2NO4/c1-12(19(25)22-16-4-2-3-15(21)11-16)26-18(24)10-9-17(23)13-5-7-14(20)8-6-13/h2-8,11-12H,9-10H2,1H3,(H,22,25)/t12-/m1/s1.